The Kier molecular flexibility index (Phi) is 20.9. The first-order valence-electron chi connectivity index (χ1n) is 17.7. The van der Waals surface area contributed by atoms with Crippen LogP contribution in [0.5, 0.6) is 11.5 Å². The fourth-order valence-electron chi connectivity index (χ4n) is 4.73. The Bertz CT molecular complexity index is 1600. The highest BCUT2D eigenvalue weighted by molar-refractivity contribution is 5.75. The van der Waals surface area contributed by atoms with E-state index in [1.165, 1.54) is 5.56 Å². The summed E-state index contributed by atoms with van der Waals surface area (Å²) < 4.78 is 60.8. The third-order valence-electron chi connectivity index (χ3n) is 7.50. The number of carbonyl (C=O) groups is 2. The topological polar surface area (TPSA) is 125 Å². The predicted molar refractivity (Wildman–Crippen MR) is 198 cm³/mol. The number of carboxylic acids is 1. The van der Waals surface area contributed by atoms with E-state index in [2.05, 4.69) is 28.8 Å². The van der Waals surface area contributed by atoms with Gasteiger partial charge in [0.05, 0.1) is 39.6 Å². The molecule has 0 fully saturated rings. The van der Waals surface area contributed by atoms with E-state index in [9.17, 15) is 18.0 Å². The highest BCUT2D eigenvalue weighted by Crippen LogP contribution is 2.30. The second kappa shape index (κ2) is 25.9. The number of aliphatic carboxylic acids is 1. The molecule has 0 spiro atoms. The monoisotopic (exact) mass is 754 g/mol. The van der Waals surface area contributed by atoms with Crippen LogP contribution in [0.2, 0.25) is 0 Å². The van der Waals surface area contributed by atoms with Gasteiger partial charge in [0.1, 0.15) is 13.2 Å². The summed E-state index contributed by atoms with van der Waals surface area (Å²) in [5.41, 5.74) is 4.57. The zero-order valence-electron chi connectivity index (χ0n) is 30.2. The lowest BCUT2D eigenvalue weighted by molar-refractivity contribution is -0.192. The molecule has 1 amide bonds. The summed E-state index contributed by atoms with van der Waals surface area (Å²) in [5, 5.41) is 13.4. The van der Waals surface area contributed by atoms with E-state index in [1.54, 1.807) is 0 Å². The second-order valence-electron chi connectivity index (χ2n) is 11.8. The normalized spacial score (nSPS) is 10.9. The maximum absolute atomic E-state index is 11.9. The molecule has 0 saturated carbocycles. The molecule has 292 valence electrons. The minimum Gasteiger partial charge on any atom is -0.485 e. The standard InChI is InChI=1S/C39H48N2O6.C2HF3O2/c42-39(18-10-17-33-11-4-1-5-12-33)41-22-24-44-26-28-45-27-25-43-23-21-40-30-36-19-20-37(46-31-34-13-6-2-7-14-34)38(29-36)47-32-35-15-8-3-9-16-35;3-2(4,5)1(6)7/h1-9,11-16,19-20,29,40H,10,17-18,21-28,30-32H2,(H,41,42);(H,6,7). The van der Waals surface area contributed by atoms with Crippen LogP contribution in [-0.4, -0.2) is 75.9 Å². The second-order valence-corrected chi connectivity index (χ2v) is 11.8. The van der Waals surface area contributed by atoms with Crippen LogP contribution in [0.15, 0.2) is 109 Å². The summed E-state index contributed by atoms with van der Waals surface area (Å²) in [6, 6.07) is 36.5. The van der Waals surface area contributed by atoms with Crippen molar-refractivity contribution in [1.82, 2.24) is 10.6 Å². The molecule has 4 rings (SSSR count). The van der Waals surface area contributed by atoms with E-state index in [0.29, 0.717) is 78.9 Å². The van der Waals surface area contributed by atoms with E-state index in [4.69, 9.17) is 33.6 Å². The van der Waals surface area contributed by atoms with Crippen molar-refractivity contribution in [3.05, 3.63) is 131 Å². The van der Waals surface area contributed by atoms with Gasteiger partial charge in [-0.05, 0) is 47.2 Å². The molecule has 13 heteroatoms. The van der Waals surface area contributed by atoms with Crippen LogP contribution in [0.1, 0.15) is 35.1 Å². The lowest BCUT2D eigenvalue weighted by Gasteiger charge is -2.15. The first-order valence-corrected chi connectivity index (χ1v) is 17.7. The molecule has 0 saturated heterocycles. The number of hydrogen-bond acceptors (Lipinski definition) is 8. The van der Waals surface area contributed by atoms with Gasteiger partial charge in [-0.2, -0.15) is 13.2 Å². The number of rotatable bonds is 24. The third kappa shape index (κ3) is 19.8. The summed E-state index contributed by atoms with van der Waals surface area (Å²) >= 11 is 0. The Hall–Kier alpha value is -4.95. The minimum atomic E-state index is -5.08. The van der Waals surface area contributed by atoms with Crippen molar-refractivity contribution in [1.29, 1.82) is 0 Å². The summed E-state index contributed by atoms with van der Waals surface area (Å²) in [5.74, 6) is -1.25. The Labute approximate surface area is 314 Å². The van der Waals surface area contributed by atoms with Crippen molar-refractivity contribution in [3.8, 4) is 11.5 Å². The van der Waals surface area contributed by atoms with Crippen molar-refractivity contribution in [3.63, 3.8) is 0 Å². The average molecular weight is 755 g/mol. The number of ether oxygens (including phenoxy) is 5. The SMILES string of the molecule is O=C(CCCc1ccccc1)NCCOCCOCCOCCNCc1ccc(OCc2ccccc2)c(OCc2ccccc2)c1.O=C(O)C(F)(F)F. The largest absolute Gasteiger partial charge is 0.490 e. The Morgan fingerprint density at radius 3 is 1.61 bits per heavy atom. The van der Waals surface area contributed by atoms with Gasteiger partial charge in [0.2, 0.25) is 5.91 Å². The van der Waals surface area contributed by atoms with Crippen molar-refractivity contribution >= 4 is 11.9 Å². The van der Waals surface area contributed by atoms with Gasteiger partial charge in [0.15, 0.2) is 11.5 Å². The first-order chi connectivity index (χ1) is 26.2. The van der Waals surface area contributed by atoms with E-state index < -0.39 is 12.1 Å². The number of halogens is 3. The number of aryl methyl sites for hydroxylation is 1. The van der Waals surface area contributed by atoms with Gasteiger partial charge < -0.3 is 39.4 Å². The summed E-state index contributed by atoms with van der Waals surface area (Å²) in [7, 11) is 0. The van der Waals surface area contributed by atoms with Crippen LogP contribution < -0.4 is 20.1 Å². The number of hydrogen-bond donors (Lipinski definition) is 3. The number of alkyl halides is 3. The molecular weight excluding hydrogens is 705 g/mol. The third-order valence-corrected chi connectivity index (χ3v) is 7.50. The number of nitrogens with one attached hydrogen (secondary N) is 2. The Morgan fingerprint density at radius 2 is 1.07 bits per heavy atom. The van der Waals surface area contributed by atoms with Gasteiger partial charge in [-0.1, -0.05) is 97.1 Å². The number of carbonyl (C=O) groups excluding carboxylic acids is 1. The quantitative estimate of drug-likeness (QED) is 0.0667. The maximum Gasteiger partial charge on any atom is 0.490 e. The number of carboxylic acid groups (broad SMARTS) is 1. The molecule has 4 aromatic rings. The highest BCUT2D eigenvalue weighted by Gasteiger charge is 2.38. The van der Waals surface area contributed by atoms with E-state index in [1.807, 2.05) is 91.0 Å². The maximum atomic E-state index is 11.9. The van der Waals surface area contributed by atoms with Gasteiger partial charge in [0, 0.05) is 26.1 Å². The number of amides is 1. The van der Waals surface area contributed by atoms with Gasteiger partial charge in [-0.15, -0.1) is 0 Å². The van der Waals surface area contributed by atoms with Crippen LogP contribution in [0.3, 0.4) is 0 Å². The van der Waals surface area contributed by atoms with Gasteiger partial charge >= 0.3 is 12.1 Å². The van der Waals surface area contributed by atoms with Crippen molar-refractivity contribution in [2.75, 3.05) is 52.7 Å². The lowest BCUT2D eigenvalue weighted by atomic mass is 10.1. The van der Waals surface area contributed by atoms with E-state index >= 15 is 0 Å². The van der Waals surface area contributed by atoms with Crippen LogP contribution in [0.25, 0.3) is 0 Å². The molecule has 0 atom stereocenters. The highest BCUT2D eigenvalue weighted by atomic mass is 19.4. The minimum absolute atomic E-state index is 0.0621. The molecule has 0 aliphatic carbocycles. The molecule has 54 heavy (non-hydrogen) atoms. The van der Waals surface area contributed by atoms with Crippen LogP contribution in [0.4, 0.5) is 13.2 Å². The van der Waals surface area contributed by atoms with Gasteiger partial charge in [-0.25, -0.2) is 4.79 Å². The Morgan fingerprint density at radius 1 is 0.593 bits per heavy atom. The molecular formula is C41H49F3N2O8. The smallest absolute Gasteiger partial charge is 0.485 e. The molecule has 0 unspecified atom stereocenters. The molecule has 0 aliphatic rings. The summed E-state index contributed by atoms with van der Waals surface area (Å²) in [4.78, 5) is 20.8. The average Bonchev–Trinajstić information content (AvgIpc) is 3.18. The van der Waals surface area contributed by atoms with Crippen molar-refractivity contribution in [2.45, 2.75) is 45.2 Å². The molecule has 0 heterocycles. The van der Waals surface area contributed by atoms with Crippen molar-refractivity contribution in [2.24, 2.45) is 0 Å². The molecule has 0 bridgehead atoms. The van der Waals surface area contributed by atoms with Gasteiger partial charge in [-0.3, -0.25) is 4.79 Å². The predicted octanol–water partition coefficient (Wildman–Crippen LogP) is 6.76. The Balaban J connectivity index is 0.00000102. The molecule has 4 aromatic carbocycles. The van der Waals surface area contributed by atoms with Gasteiger partial charge in [0.25, 0.3) is 0 Å². The zero-order valence-corrected chi connectivity index (χ0v) is 30.2. The van der Waals surface area contributed by atoms with E-state index in [0.717, 1.165) is 41.0 Å². The zero-order chi connectivity index (χ0) is 38.7. The number of benzene rings is 4. The first kappa shape index (κ1) is 43.5. The van der Waals surface area contributed by atoms with Crippen LogP contribution in [-0.2, 0) is 50.0 Å². The van der Waals surface area contributed by atoms with Crippen LogP contribution >= 0.6 is 0 Å². The molecule has 3 N–H and O–H groups in total. The molecule has 0 aromatic heterocycles. The molecule has 0 aliphatic heterocycles. The summed E-state index contributed by atoms with van der Waals surface area (Å²) in [6.07, 6.45) is -2.81. The summed E-state index contributed by atoms with van der Waals surface area (Å²) in [6.45, 7) is 5.92. The van der Waals surface area contributed by atoms with Crippen LogP contribution in [0, 0.1) is 0 Å². The van der Waals surface area contributed by atoms with Crippen molar-refractivity contribution < 1.29 is 51.6 Å². The fourth-order valence-corrected chi connectivity index (χ4v) is 4.73. The lowest BCUT2D eigenvalue weighted by Crippen LogP contribution is -2.27. The molecule has 0 radical (unpaired) electrons. The fraction of sp³-hybridized carbons (Fsp3) is 0.366. The van der Waals surface area contributed by atoms with E-state index in [-0.39, 0.29) is 5.91 Å². The molecule has 10 nitrogen and oxygen atoms in total.